The first-order valence-electron chi connectivity index (χ1n) is 10.6. The number of nitrogens with one attached hydrogen (secondary N) is 1. The fraction of sp³-hybridized carbons (Fsp3) is 0.320. The summed E-state index contributed by atoms with van der Waals surface area (Å²) in [6.07, 6.45) is 5.10. The molecule has 3 rings (SSSR count). The normalized spacial score (nSPS) is 15.9. The van der Waals surface area contributed by atoms with Crippen LogP contribution in [0.2, 0.25) is 0 Å². The lowest BCUT2D eigenvalue weighted by Crippen LogP contribution is -2.41. The molecule has 0 spiro atoms. The Kier molecular flexibility index (Phi) is 8.02. The molecule has 0 saturated carbocycles. The van der Waals surface area contributed by atoms with E-state index in [1.165, 1.54) is 6.08 Å². The van der Waals surface area contributed by atoms with Crippen LogP contribution in [0.1, 0.15) is 35.7 Å². The van der Waals surface area contributed by atoms with E-state index in [1.807, 2.05) is 12.1 Å². The molecule has 0 bridgehead atoms. The average Bonchev–Trinajstić information content (AvgIpc) is 2.81. The van der Waals surface area contributed by atoms with Gasteiger partial charge >= 0.3 is 5.97 Å². The fourth-order valence-electron chi connectivity index (χ4n) is 3.54. The number of rotatable bonds is 7. The number of hydrogen-bond donors (Lipinski definition) is 1. The number of amides is 2. The van der Waals surface area contributed by atoms with Gasteiger partial charge in [0.1, 0.15) is 5.75 Å². The minimum absolute atomic E-state index is 0.193. The highest BCUT2D eigenvalue weighted by Crippen LogP contribution is 2.18. The second-order valence-electron chi connectivity index (χ2n) is 7.80. The van der Waals surface area contributed by atoms with Crippen molar-refractivity contribution in [3.05, 3.63) is 65.7 Å². The zero-order valence-electron chi connectivity index (χ0n) is 18.4. The molecule has 0 aliphatic carbocycles. The maximum atomic E-state index is 12.6. The highest BCUT2D eigenvalue weighted by atomic mass is 16.5. The summed E-state index contributed by atoms with van der Waals surface area (Å²) >= 11 is 0. The van der Waals surface area contributed by atoms with Crippen molar-refractivity contribution < 1.29 is 23.9 Å². The molecule has 2 aromatic carbocycles. The van der Waals surface area contributed by atoms with Gasteiger partial charge in [-0.05, 0) is 54.7 Å². The third-order valence-electron chi connectivity index (χ3n) is 5.28. The summed E-state index contributed by atoms with van der Waals surface area (Å²) in [6.45, 7) is 3.16. The van der Waals surface area contributed by atoms with Crippen molar-refractivity contribution >= 4 is 29.5 Å². The largest absolute Gasteiger partial charge is 0.497 e. The topological polar surface area (TPSA) is 84.9 Å². The number of anilines is 1. The number of methoxy groups -OCH3 is 1. The van der Waals surface area contributed by atoms with E-state index in [0.29, 0.717) is 24.7 Å². The molecule has 7 heteroatoms. The lowest BCUT2D eigenvalue weighted by atomic mass is 10.0. The Morgan fingerprint density at radius 2 is 1.88 bits per heavy atom. The smallest absolute Gasteiger partial charge is 0.340 e. The maximum Gasteiger partial charge on any atom is 0.340 e. The number of likely N-dealkylation sites (tertiary alicyclic amines) is 1. The molecule has 1 fully saturated rings. The molecule has 1 heterocycles. The van der Waals surface area contributed by atoms with Crippen LogP contribution in [0.25, 0.3) is 6.08 Å². The minimum atomic E-state index is -0.654. The van der Waals surface area contributed by atoms with Crippen LogP contribution in [0.4, 0.5) is 5.69 Å². The third kappa shape index (κ3) is 6.44. The number of nitrogens with zero attached hydrogens (tertiary/aromatic N) is 1. The molecule has 1 atom stereocenters. The van der Waals surface area contributed by atoms with Crippen molar-refractivity contribution in [2.75, 3.05) is 32.1 Å². The second-order valence-corrected chi connectivity index (χ2v) is 7.80. The number of para-hydroxylation sites is 1. The Balaban J connectivity index is 1.58. The van der Waals surface area contributed by atoms with Crippen molar-refractivity contribution in [2.24, 2.45) is 5.92 Å². The molecule has 1 N–H and O–H groups in total. The van der Waals surface area contributed by atoms with Gasteiger partial charge in [-0.25, -0.2) is 4.79 Å². The third-order valence-corrected chi connectivity index (χ3v) is 5.28. The first-order chi connectivity index (χ1) is 15.5. The van der Waals surface area contributed by atoms with Crippen LogP contribution < -0.4 is 10.1 Å². The van der Waals surface area contributed by atoms with Crippen molar-refractivity contribution in [3.63, 3.8) is 0 Å². The SMILES string of the molecule is COc1ccc(/C=C/C(=O)Nc2ccccc2C(=O)OCC(=O)N2CCCC(C)C2)cc1. The highest BCUT2D eigenvalue weighted by molar-refractivity contribution is 6.06. The summed E-state index contributed by atoms with van der Waals surface area (Å²) in [5.74, 6) is -0.0654. The summed E-state index contributed by atoms with van der Waals surface area (Å²) in [4.78, 5) is 39.0. The molecule has 7 nitrogen and oxygen atoms in total. The van der Waals surface area contributed by atoms with Crippen LogP contribution in [0.5, 0.6) is 5.75 Å². The van der Waals surface area contributed by atoms with E-state index in [4.69, 9.17) is 9.47 Å². The van der Waals surface area contributed by atoms with E-state index in [-0.39, 0.29) is 24.0 Å². The molecule has 32 heavy (non-hydrogen) atoms. The van der Waals surface area contributed by atoms with Gasteiger partial charge in [-0.15, -0.1) is 0 Å². The van der Waals surface area contributed by atoms with Gasteiger partial charge in [-0.1, -0.05) is 31.2 Å². The van der Waals surface area contributed by atoms with Gasteiger partial charge in [0.2, 0.25) is 5.91 Å². The number of hydrogen-bond acceptors (Lipinski definition) is 5. The molecule has 168 valence electrons. The molecule has 2 aromatic rings. The van der Waals surface area contributed by atoms with Gasteiger partial charge in [0, 0.05) is 19.2 Å². The Hall–Kier alpha value is -3.61. The van der Waals surface area contributed by atoms with Crippen LogP contribution in [0.15, 0.2) is 54.6 Å². The van der Waals surface area contributed by atoms with Gasteiger partial charge < -0.3 is 19.7 Å². The molecule has 1 unspecified atom stereocenters. The quantitative estimate of drug-likeness (QED) is 0.528. The van der Waals surface area contributed by atoms with Crippen molar-refractivity contribution in [3.8, 4) is 5.75 Å². The highest BCUT2D eigenvalue weighted by Gasteiger charge is 2.22. The number of piperidine rings is 1. The standard InChI is InChI=1S/C25H28N2O5/c1-18-6-5-15-27(16-18)24(29)17-32-25(30)21-7-3-4-8-22(21)26-23(28)14-11-19-9-12-20(31-2)13-10-19/h3-4,7-14,18H,5-6,15-17H2,1-2H3,(H,26,28)/b14-11+. The summed E-state index contributed by atoms with van der Waals surface area (Å²) in [6, 6.07) is 13.8. The second kappa shape index (κ2) is 11.1. The van der Waals surface area contributed by atoms with Crippen LogP contribution in [-0.4, -0.2) is 49.5 Å². The lowest BCUT2D eigenvalue weighted by Gasteiger charge is -2.30. The van der Waals surface area contributed by atoms with Crippen molar-refractivity contribution in [2.45, 2.75) is 19.8 Å². The molecule has 0 radical (unpaired) electrons. The Labute approximate surface area is 188 Å². The number of carbonyl (C=O) groups is 3. The first-order valence-corrected chi connectivity index (χ1v) is 10.6. The monoisotopic (exact) mass is 436 g/mol. The van der Waals surface area contributed by atoms with E-state index < -0.39 is 5.97 Å². The van der Waals surface area contributed by atoms with Gasteiger partial charge in [-0.2, -0.15) is 0 Å². The van der Waals surface area contributed by atoms with E-state index in [0.717, 1.165) is 24.2 Å². The predicted octanol–water partition coefficient (Wildman–Crippen LogP) is 3.76. The zero-order valence-corrected chi connectivity index (χ0v) is 18.4. The summed E-state index contributed by atoms with van der Waals surface area (Å²) in [5, 5.41) is 2.69. The van der Waals surface area contributed by atoms with Crippen molar-refractivity contribution in [1.82, 2.24) is 4.90 Å². The maximum absolute atomic E-state index is 12.6. The molecular formula is C25H28N2O5. The van der Waals surface area contributed by atoms with Gasteiger partial charge in [-0.3, -0.25) is 9.59 Å². The first kappa shape index (κ1) is 23.1. The number of esters is 1. The Morgan fingerprint density at radius 1 is 1.12 bits per heavy atom. The van der Waals surface area contributed by atoms with E-state index in [1.54, 1.807) is 54.5 Å². The summed E-state index contributed by atoms with van der Waals surface area (Å²) in [7, 11) is 1.59. The molecule has 1 saturated heterocycles. The summed E-state index contributed by atoms with van der Waals surface area (Å²) < 4.78 is 10.4. The van der Waals surface area contributed by atoms with E-state index in [2.05, 4.69) is 12.2 Å². The van der Waals surface area contributed by atoms with E-state index >= 15 is 0 Å². The van der Waals surface area contributed by atoms with Crippen molar-refractivity contribution in [1.29, 1.82) is 0 Å². The van der Waals surface area contributed by atoms with Crippen LogP contribution in [0.3, 0.4) is 0 Å². The van der Waals surface area contributed by atoms with Gasteiger partial charge in [0.15, 0.2) is 6.61 Å². The predicted molar refractivity (Wildman–Crippen MR) is 122 cm³/mol. The Bertz CT molecular complexity index is 984. The Morgan fingerprint density at radius 3 is 2.59 bits per heavy atom. The molecule has 2 amide bonds. The molecule has 1 aliphatic rings. The van der Waals surface area contributed by atoms with E-state index in [9.17, 15) is 14.4 Å². The number of carbonyl (C=O) groups excluding carboxylic acids is 3. The fourth-order valence-corrected chi connectivity index (χ4v) is 3.54. The lowest BCUT2D eigenvalue weighted by molar-refractivity contribution is -0.136. The minimum Gasteiger partial charge on any atom is -0.497 e. The zero-order chi connectivity index (χ0) is 22.9. The number of ether oxygens (including phenoxy) is 2. The number of benzene rings is 2. The van der Waals surface area contributed by atoms with Gasteiger partial charge in [0.05, 0.1) is 18.4 Å². The molecular weight excluding hydrogens is 408 g/mol. The van der Waals surface area contributed by atoms with Gasteiger partial charge in [0.25, 0.3) is 5.91 Å². The molecule has 0 aromatic heterocycles. The average molecular weight is 437 g/mol. The van der Waals surface area contributed by atoms with Crippen LogP contribution in [0, 0.1) is 5.92 Å². The van der Waals surface area contributed by atoms with Crippen LogP contribution >= 0.6 is 0 Å². The molecule has 1 aliphatic heterocycles. The summed E-state index contributed by atoms with van der Waals surface area (Å²) in [5.41, 5.74) is 1.35. The van der Waals surface area contributed by atoms with Crippen LogP contribution in [-0.2, 0) is 14.3 Å².